The average Bonchev–Trinajstić information content (AvgIpc) is 3.30. The van der Waals surface area contributed by atoms with Crippen LogP contribution in [0.25, 0.3) is 22.6 Å². The van der Waals surface area contributed by atoms with Crippen LogP contribution in [0.1, 0.15) is 18.4 Å². The number of nitrogens with zero attached hydrogens (tertiary/aromatic N) is 5. The van der Waals surface area contributed by atoms with Crippen LogP contribution < -0.4 is 10.2 Å². The van der Waals surface area contributed by atoms with E-state index in [1.807, 2.05) is 6.92 Å². The van der Waals surface area contributed by atoms with Crippen molar-refractivity contribution in [2.45, 2.75) is 25.8 Å². The molecule has 5 rings (SSSR count). The van der Waals surface area contributed by atoms with Gasteiger partial charge < -0.3 is 10.1 Å². The molecule has 0 saturated carbocycles. The first-order chi connectivity index (χ1) is 14.6. The van der Waals surface area contributed by atoms with Gasteiger partial charge in [-0.25, -0.2) is 19.3 Å². The van der Waals surface area contributed by atoms with Crippen LogP contribution >= 0.6 is 0 Å². The zero-order valence-corrected chi connectivity index (χ0v) is 16.4. The van der Waals surface area contributed by atoms with E-state index < -0.39 is 5.82 Å². The highest BCUT2D eigenvalue weighted by atomic mass is 19.1. The molecule has 1 saturated heterocycles. The van der Waals surface area contributed by atoms with Crippen molar-refractivity contribution in [3.8, 4) is 22.6 Å². The van der Waals surface area contributed by atoms with Gasteiger partial charge in [0.15, 0.2) is 17.5 Å². The molecule has 0 radical (unpaired) electrons. The van der Waals surface area contributed by atoms with Crippen molar-refractivity contribution in [3.05, 3.63) is 36.0 Å². The van der Waals surface area contributed by atoms with Crippen molar-refractivity contribution in [3.63, 3.8) is 0 Å². The molecule has 2 aliphatic rings. The van der Waals surface area contributed by atoms with Gasteiger partial charge in [-0.3, -0.25) is 14.8 Å². The average molecular weight is 409 g/mol. The Labute approximate surface area is 171 Å². The van der Waals surface area contributed by atoms with Crippen LogP contribution in [0.3, 0.4) is 0 Å². The van der Waals surface area contributed by atoms with Crippen molar-refractivity contribution in [1.82, 2.24) is 25.1 Å². The topological polar surface area (TPSA) is 109 Å². The van der Waals surface area contributed by atoms with E-state index in [0.717, 1.165) is 18.4 Å². The van der Waals surface area contributed by atoms with Gasteiger partial charge >= 0.3 is 0 Å². The molecule has 1 aromatic carbocycles. The summed E-state index contributed by atoms with van der Waals surface area (Å²) >= 11 is 0. The molecule has 2 aromatic heterocycles. The summed E-state index contributed by atoms with van der Waals surface area (Å²) in [5.41, 5.74) is 2.25. The molecule has 9 nitrogen and oxygen atoms in total. The number of aromatic amines is 1. The van der Waals surface area contributed by atoms with Gasteiger partial charge in [0.1, 0.15) is 12.1 Å². The number of amides is 1. The summed E-state index contributed by atoms with van der Waals surface area (Å²) < 4.78 is 20.3. The Kier molecular flexibility index (Phi) is 4.62. The Hall–Kier alpha value is -3.40. The Morgan fingerprint density at radius 3 is 2.80 bits per heavy atom. The molecular weight excluding hydrogens is 389 g/mol. The number of benzene rings is 1. The van der Waals surface area contributed by atoms with Crippen molar-refractivity contribution in [2.24, 2.45) is 0 Å². The Balaban J connectivity index is 1.56. The summed E-state index contributed by atoms with van der Waals surface area (Å²) in [5, 5.41) is 9.48. The minimum absolute atomic E-state index is 0.0170. The van der Waals surface area contributed by atoms with Crippen molar-refractivity contribution in [1.29, 1.82) is 0 Å². The fourth-order valence-electron chi connectivity index (χ4n) is 3.96. The quantitative estimate of drug-likeness (QED) is 0.683. The molecular formula is C20H20FN7O2. The third-order valence-corrected chi connectivity index (χ3v) is 5.47. The molecule has 4 heterocycles. The van der Waals surface area contributed by atoms with Gasteiger partial charge in [0.25, 0.3) is 0 Å². The smallest absolute Gasteiger partial charge is 0.247 e. The second-order valence-corrected chi connectivity index (χ2v) is 7.37. The lowest BCUT2D eigenvalue weighted by molar-refractivity contribution is -0.118. The summed E-state index contributed by atoms with van der Waals surface area (Å²) in [7, 11) is 0. The minimum atomic E-state index is -0.442. The van der Waals surface area contributed by atoms with Crippen molar-refractivity contribution >= 4 is 17.5 Å². The summed E-state index contributed by atoms with van der Waals surface area (Å²) in [6, 6.07) is 3.13. The molecule has 0 unspecified atom stereocenters. The molecule has 0 atom stereocenters. The number of nitrogens with one attached hydrogen (secondary N) is 2. The van der Waals surface area contributed by atoms with Crippen LogP contribution in [0.4, 0.5) is 16.0 Å². The molecule has 154 valence electrons. The second kappa shape index (κ2) is 7.45. The summed E-state index contributed by atoms with van der Waals surface area (Å²) in [5.74, 6) is 0.905. The van der Waals surface area contributed by atoms with E-state index in [-0.39, 0.29) is 18.5 Å². The van der Waals surface area contributed by atoms with Crippen LogP contribution in [0.2, 0.25) is 0 Å². The monoisotopic (exact) mass is 409 g/mol. The molecule has 0 bridgehead atoms. The maximum Gasteiger partial charge on any atom is 0.247 e. The predicted molar refractivity (Wildman–Crippen MR) is 107 cm³/mol. The fraction of sp³-hybridized carbons (Fsp3) is 0.350. The van der Waals surface area contributed by atoms with Gasteiger partial charge in [-0.05, 0) is 37.5 Å². The molecule has 2 N–H and O–H groups in total. The number of hydrogen-bond acceptors (Lipinski definition) is 7. The number of ether oxygens (including phenoxy) is 1. The molecule has 0 aliphatic carbocycles. The first-order valence-electron chi connectivity index (χ1n) is 9.79. The van der Waals surface area contributed by atoms with E-state index in [9.17, 15) is 9.18 Å². The normalized spacial score (nSPS) is 17.0. The Morgan fingerprint density at radius 1 is 1.20 bits per heavy atom. The highest BCUT2D eigenvalue weighted by Crippen LogP contribution is 2.34. The lowest BCUT2D eigenvalue weighted by Crippen LogP contribution is -2.49. The maximum absolute atomic E-state index is 14.8. The van der Waals surface area contributed by atoms with Crippen molar-refractivity contribution < 1.29 is 13.9 Å². The van der Waals surface area contributed by atoms with E-state index in [0.29, 0.717) is 47.5 Å². The molecule has 0 spiro atoms. The van der Waals surface area contributed by atoms with Crippen LogP contribution in [0.5, 0.6) is 0 Å². The molecule has 30 heavy (non-hydrogen) atoms. The van der Waals surface area contributed by atoms with Crippen LogP contribution in [-0.2, 0) is 9.53 Å². The lowest BCUT2D eigenvalue weighted by atomic mass is 10.0. The van der Waals surface area contributed by atoms with Gasteiger partial charge in [0.2, 0.25) is 5.91 Å². The lowest BCUT2D eigenvalue weighted by Gasteiger charge is -2.36. The van der Waals surface area contributed by atoms with E-state index in [4.69, 9.17) is 9.72 Å². The van der Waals surface area contributed by atoms with Gasteiger partial charge in [-0.1, -0.05) is 0 Å². The number of halogens is 1. The highest BCUT2D eigenvalue weighted by Gasteiger charge is 2.34. The fourth-order valence-corrected chi connectivity index (χ4v) is 3.96. The zero-order chi connectivity index (χ0) is 20.7. The van der Waals surface area contributed by atoms with E-state index in [1.54, 1.807) is 17.2 Å². The number of carbonyl (C=O) groups is 1. The summed E-state index contributed by atoms with van der Waals surface area (Å²) in [6.45, 7) is 3.27. The van der Waals surface area contributed by atoms with Crippen LogP contribution in [-0.4, -0.2) is 56.9 Å². The van der Waals surface area contributed by atoms with E-state index >= 15 is 0 Å². The first-order valence-corrected chi connectivity index (χ1v) is 9.79. The number of H-pyrrole nitrogens is 1. The van der Waals surface area contributed by atoms with Gasteiger partial charge in [-0.15, -0.1) is 0 Å². The van der Waals surface area contributed by atoms with E-state index in [1.165, 1.54) is 12.4 Å². The predicted octanol–water partition coefficient (Wildman–Crippen LogP) is 2.31. The first kappa shape index (κ1) is 18.6. The second-order valence-electron chi connectivity index (χ2n) is 7.37. The third-order valence-electron chi connectivity index (χ3n) is 5.47. The number of aryl methyl sites for hydroxylation is 1. The molecule has 10 heteroatoms. The van der Waals surface area contributed by atoms with E-state index in [2.05, 4.69) is 25.5 Å². The van der Waals surface area contributed by atoms with Crippen LogP contribution in [0.15, 0.2) is 24.7 Å². The largest absolute Gasteiger partial charge is 0.381 e. The number of anilines is 2. The number of aromatic nitrogens is 5. The summed E-state index contributed by atoms with van der Waals surface area (Å²) in [6.07, 6.45) is 4.43. The van der Waals surface area contributed by atoms with Gasteiger partial charge in [-0.2, -0.15) is 5.10 Å². The zero-order valence-electron chi connectivity index (χ0n) is 16.4. The number of carbonyl (C=O) groups excluding carboxylic acids is 1. The maximum atomic E-state index is 14.8. The number of fused-ring (bicyclic) bond motifs is 1. The molecule has 3 aromatic rings. The van der Waals surface area contributed by atoms with Gasteiger partial charge in [0, 0.05) is 24.8 Å². The van der Waals surface area contributed by atoms with Gasteiger partial charge in [0.05, 0.1) is 24.0 Å². The number of hydrogen-bond donors (Lipinski definition) is 2. The Bertz CT molecular complexity index is 1100. The summed E-state index contributed by atoms with van der Waals surface area (Å²) in [4.78, 5) is 27.6. The third kappa shape index (κ3) is 3.18. The molecule has 1 amide bonds. The number of rotatable bonds is 3. The molecule has 2 aliphatic heterocycles. The van der Waals surface area contributed by atoms with Crippen LogP contribution in [0, 0.1) is 12.7 Å². The van der Waals surface area contributed by atoms with Crippen molar-refractivity contribution in [2.75, 3.05) is 30.0 Å². The Morgan fingerprint density at radius 2 is 2.03 bits per heavy atom. The SMILES string of the molecule is Cc1cc(-c2ncn[nH]2)c(F)cc1-c1cnc2c(n1)N(C1CCOCC1)C(=O)CN2. The highest BCUT2D eigenvalue weighted by molar-refractivity contribution is 6.01. The minimum Gasteiger partial charge on any atom is -0.381 e. The molecule has 1 fully saturated rings. The standard InChI is InChI=1S/C20H20FN7O2/c1-11-6-14(18-24-10-25-27-18)15(21)7-13(11)16-8-22-19-20(26-16)28(17(29)9-23-19)12-2-4-30-5-3-12/h6-8,10,12H,2-5,9H2,1H3,(H,22,23)(H,24,25,27).